The molecular formula is C12H15FN2O2. The Bertz CT molecular complexity index is 416. The van der Waals surface area contributed by atoms with E-state index in [4.69, 9.17) is 5.73 Å². The zero-order valence-electron chi connectivity index (χ0n) is 9.40. The number of primary amides is 1. The lowest BCUT2D eigenvalue weighted by atomic mass is 10.1. The molecule has 1 heterocycles. The van der Waals surface area contributed by atoms with Gasteiger partial charge in [-0.1, -0.05) is 0 Å². The summed E-state index contributed by atoms with van der Waals surface area (Å²) in [5.41, 5.74) is 5.94. The second kappa shape index (κ2) is 4.71. The normalized spacial score (nSPS) is 20.6. The van der Waals surface area contributed by atoms with Gasteiger partial charge in [-0.15, -0.1) is 0 Å². The summed E-state index contributed by atoms with van der Waals surface area (Å²) in [6.45, 7) is 1.90. The smallest absolute Gasteiger partial charge is 0.221 e. The molecule has 0 aliphatic carbocycles. The molecule has 4 nitrogen and oxygen atoms in total. The van der Waals surface area contributed by atoms with Gasteiger partial charge in [-0.2, -0.15) is 0 Å². The van der Waals surface area contributed by atoms with E-state index in [-0.39, 0.29) is 17.6 Å². The summed E-state index contributed by atoms with van der Waals surface area (Å²) >= 11 is 0. The van der Waals surface area contributed by atoms with Crippen LogP contribution in [0.3, 0.4) is 0 Å². The van der Waals surface area contributed by atoms with Crippen molar-refractivity contribution in [2.75, 3.05) is 13.1 Å². The Morgan fingerprint density at radius 1 is 1.53 bits per heavy atom. The molecule has 0 bridgehead atoms. The van der Waals surface area contributed by atoms with E-state index in [0.29, 0.717) is 18.7 Å². The van der Waals surface area contributed by atoms with E-state index >= 15 is 0 Å². The summed E-state index contributed by atoms with van der Waals surface area (Å²) in [6, 6.07) is 3.98. The van der Waals surface area contributed by atoms with Gasteiger partial charge in [-0.3, -0.25) is 9.69 Å². The monoisotopic (exact) mass is 238 g/mol. The first-order chi connectivity index (χ1) is 8.04. The molecular weight excluding hydrogens is 223 g/mol. The maximum absolute atomic E-state index is 13.1. The van der Waals surface area contributed by atoms with Crippen molar-refractivity contribution in [2.45, 2.75) is 13.0 Å². The Labute approximate surface area is 98.8 Å². The molecule has 3 N–H and O–H groups in total. The number of likely N-dealkylation sites (tertiary alicyclic amines) is 1. The van der Waals surface area contributed by atoms with E-state index in [1.165, 1.54) is 12.1 Å². The second-order valence-corrected chi connectivity index (χ2v) is 4.44. The molecule has 2 rings (SSSR count). The third kappa shape index (κ3) is 2.94. The molecule has 0 spiro atoms. The minimum atomic E-state index is -0.453. The first kappa shape index (κ1) is 11.9. The molecule has 0 saturated carbocycles. The van der Waals surface area contributed by atoms with Crippen LogP contribution in [-0.2, 0) is 11.3 Å². The first-order valence-corrected chi connectivity index (χ1v) is 5.54. The lowest BCUT2D eigenvalue weighted by Gasteiger charge is -2.15. The maximum atomic E-state index is 13.1. The fourth-order valence-corrected chi connectivity index (χ4v) is 2.19. The zero-order chi connectivity index (χ0) is 12.4. The van der Waals surface area contributed by atoms with Crippen molar-refractivity contribution in [3.05, 3.63) is 29.6 Å². The van der Waals surface area contributed by atoms with Crippen LogP contribution in [0.15, 0.2) is 18.2 Å². The van der Waals surface area contributed by atoms with Gasteiger partial charge in [0.1, 0.15) is 11.6 Å². The van der Waals surface area contributed by atoms with Gasteiger partial charge in [-0.05, 0) is 30.7 Å². The van der Waals surface area contributed by atoms with Crippen LogP contribution in [0.4, 0.5) is 4.39 Å². The number of nitrogens with zero attached hydrogens (tertiary/aromatic N) is 1. The van der Waals surface area contributed by atoms with Crippen molar-refractivity contribution in [3.8, 4) is 5.75 Å². The van der Waals surface area contributed by atoms with Crippen molar-refractivity contribution in [2.24, 2.45) is 11.7 Å². The number of carbonyl (C=O) groups excluding carboxylic acids is 1. The first-order valence-electron chi connectivity index (χ1n) is 5.54. The molecule has 1 unspecified atom stereocenters. The van der Waals surface area contributed by atoms with Gasteiger partial charge in [0.15, 0.2) is 0 Å². The van der Waals surface area contributed by atoms with Crippen LogP contribution in [0.1, 0.15) is 12.0 Å². The van der Waals surface area contributed by atoms with Crippen molar-refractivity contribution in [3.63, 3.8) is 0 Å². The summed E-state index contributed by atoms with van der Waals surface area (Å²) in [5, 5.41) is 9.28. The largest absolute Gasteiger partial charge is 0.508 e. The van der Waals surface area contributed by atoms with Gasteiger partial charge >= 0.3 is 0 Å². The van der Waals surface area contributed by atoms with Gasteiger partial charge in [0.05, 0.1) is 5.92 Å². The molecule has 1 atom stereocenters. The Kier molecular flexibility index (Phi) is 3.28. The van der Waals surface area contributed by atoms with Crippen LogP contribution < -0.4 is 5.73 Å². The fourth-order valence-electron chi connectivity index (χ4n) is 2.19. The van der Waals surface area contributed by atoms with Crippen LogP contribution >= 0.6 is 0 Å². The van der Waals surface area contributed by atoms with E-state index in [1.54, 1.807) is 0 Å². The SMILES string of the molecule is NC(=O)C1CCN(Cc2cc(O)cc(F)c2)C1. The Balaban J connectivity index is 2.00. The van der Waals surface area contributed by atoms with Crippen molar-refractivity contribution in [1.82, 2.24) is 4.90 Å². The third-order valence-electron chi connectivity index (χ3n) is 3.02. The predicted octanol–water partition coefficient (Wildman–Crippen LogP) is 0.838. The molecule has 92 valence electrons. The highest BCUT2D eigenvalue weighted by Crippen LogP contribution is 2.21. The number of halogens is 1. The van der Waals surface area contributed by atoms with Crippen molar-refractivity contribution < 1.29 is 14.3 Å². The second-order valence-electron chi connectivity index (χ2n) is 4.44. The average molecular weight is 238 g/mol. The van der Waals surface area contributed by atoms with E-state index in [1.807, 2.05) is 4.90 Å². The highest BCUT2D eigenvalue weighted by molar-refractivity contribution is 5.77. The lowest BCUT2D eigenvalue weighted by Crippen LogP contribution is -2.27. The van der Waals surface area contributed by atoms with Gasteiger partial charge < -0.3 is 10.8 Å². The van der Waals surface area contributed by atoms with E-state index in [2.05, 4.69) is 0 Å². The van der Waals surface area contributed by atoms with Crippen molar-refractivity contribution in [1.29, 1.82) is 0 Å². The summed E-state index contributed by atoms with van der Waals surface area (Å²) in [6.07, 6.45) is 0.747. The standard InChI is InChI=1S/C12H15FN2O2/c13-10-3-8(4-11(16)5-10)6-15-2-1-9(7-15)12(14)17/h3-5,9,16H,1-2,6-7H2,(H2,14,17). The van der Waals surface area contributed by atoms with E-state index in [0.717, 1.165) is 19.0 Å². The van der Waals surface area contributed by atoms with Crippen molar-refractivity contribution >= 4 is 5.91 Å². The lowest BCUT2D eigenvalue weighted by molar-refractivity contribution is -0.121. The topological polar surface area (TPSA) is 66.6 Å². The molecule has 17 heavy (non-hydrogen) atoms. The van der Waals surface area contributed by atoms with Crippen LogP contribution in [0, 0.1) is 11.7 Å². The molecule has 1 saturated heterocycles. The fraction of sp³-hybridized carbons (Fsp3) is 0.417. The number of nitrogens with two attached hydrogens (primary N) is 1. The summed E-state index contributed by atoms with van der Waals surface area (Å²) < 4.78 is 13.1. The Morgan fingerprint density at radius 3 is 2.88 bits per heavy atom. The molecule has 0 radical (unpaired) electrons. The van der Waals surface area contributed by atoms with Gasteiger partial charge in [-0.25, -0.2) is 4.39 Å². The van der Waals surface area contributed by atoms with Crippen LogP contribution in [0.25, 0.3) is 0 Å². The molecule has 1 aromatic carbocycles. The third-order valence-corrected chi connectivity index (χ3v) is 3.02. The summed E-state index contributed by atoms with van der Waals surface area (Å²) in [7, 11) is 0. The number of hydrogen-bond donors (Lipinski definition) is 2. The zero-order valence-corrected chi connectivity index (χ0v) is 9.40. The van der Waals surface area contributed by atoms with Crippen LogP contribution in [0.2, 0.25) is 0 Å². The van der Waals surface area contributed by atoms with Gasteiger partial charge in [0.25, 0.3) is 0 Å². The molecule has 5 heteroatoms. The van der Waals surface area contributed by atoms with Crippen LogP contribution in [0.5, 0.6) is 5.75 Å². The number of aromatic hydroxyl groups is 1. The van der Waals surface area contributed by atoms with E-state index in [9.17, 15) is 14.3 Å². The van der Waals surface area contributed by atoms with E-state index < -0.39 is 5.82 Å². The molecule has 0 aromatic heterocycles. The summed E-state index contributed by atoms with van der Waals surface area (Å²) in [4.78, 5) is 13.0. The Hall–Kier alpha value is -1.62. The average Bonchev–Trinajstić information content (AvgIpc) is 2.64. The highest BCUT2D eigenvalue weighted by Gasteiger charge is 2.26. The number of phenols is 1. The van der Waals surface area contributed by atoms with Gasteiger partial charge in [0, 0.05) is 19.2 Å². The highest BCUT2D eigenvalue weighted by atomic mass is 19.1. The maximum Gasteiger partial charge on any atom is 0.221 e. The Morgan fingerprint density at radius 2 is 2.29 bits per heavy atom. The number of benzene rings is 1. The van der Waals surface area contributed by atoms with Crippen LogP contribution in [-0.4, -0.2) is 29.0 Å². The minimum Gasteiger partial charge on any atom is -0.508 e. The molecule has 1 amide bonds. The molecule has 1 aliphatic rings. The number of rotatable bonds is 3. The molecule has 1 aliphatic heterocycles. The number of carbonyl (C=O) groups is 1. The molecule has 1 aromatic rings. The quantitative estimate of drug-likeness (QED) is 0.820. The number of hydrogen-bond acceptors (Lipinski definition) is 3. The number of amides is 1. The summed E-state index contributed by atoms with van der Waals surface area (Å²) in [5.74, 6) is -0.928. The van der Waals surface area contributed by atoms with Gasteiger partial charge in [0.2, 0.25) is 5.91 Å². The molecule has 1 fully saturated rings. The number of phenolic OH excluding ortho intramolecular Hbond substituents is 1. The predicted molar refractivity (Wildman–Crippen MR) is 60.6 cm³/mol. The minimum absolute atomic E-state index is 0.0781.